The van der Waals surface area contributed by atoms with E-state index in [0.717, 1.165) is 5.39 Å². The summed E-state index contributed by atoms with van der Waals surface area (Å²) in [6.45, 7) is 0. The van der Waals surface area contributed by atoms with Gasteiger partial charge in [0.15, 0.2) is 0 Å². The third kappa shape index (κ3) is 2.53. The van der Waals surface area contributed by atoms with Crippen LogP contribution in [0.5, 0.6) is 0 Å². The minimum absolute atomic E-state index is 0.0225. The average molecular weight is 348 g/mol. The molecule has 2 aromatic heterocycles. The summed E-state index contributed by atoms with van der Waals surface area (Å²) in [5.41, 5.74) is 2.63. The number of esters is 1. The molecular weight excluding hydrogens is 336 g/mol. The van der Waals surface area contributed by atoms with Crippen molar-refractivity contribution in [2.45, 2.75) is 0 Å². The van der Waals surface area contributed by atoms with Crippen LogP contribution >= 0.6 is 0 Å². The van der Waals surface area contributed by atoms with Gasteiger partial charge in [0.25, 0.3) is 5.69 Å². The fraction of sp³-hybridized carbons (Fsp3) is 0.0556. The molecule has 0 spiro atoms. The number of carbonyl (C=O) groups excluding carboxylic acids is 1. The second kappa shape index (κ2) is 5.92. The van der Waals surface area contributed by atoms with E-state index in [4.69, 9.17) is 4.74 Å². The number of benzene rings is 2. The van der Waals surface area contributed by atoms with Crippen LogP contribution in [0.3, 0.4) is 0 Å². The van der Waals surface area contributed by atoms with Crippen LogP contribution in [0, 0.1) is 10.1 Å². The number of pyridine rings is 1. The molecule has 0 amide bonds. The molecular formula is C18H12N4O4. The normalized spacial score (nSPS) is 11.0. The molecule has 0 saturated carbocycles. The Balaban J connectivity index is 1.92. The molecule has 0 atom stereocenters. The van der Waals surface area contributed by atoms with Crippen molar-refractivity contribution in [3.63, 3.8) is 0 Å². The highest BCUT2D eigenvalue weighted by Crippen LogP contribution is 2.28. The van der Waals surface area contributed by atoms with E-state index in [1.807, 2.05) is 12.1 Å². The molecule has 2 heterocycles. The summed E-state index contributed by atoms with van der Waals surface area (Å²) in [5, 5.41) is 11.7. The number of aromatic nitrogens is 3. The molecule has 8 nitrogen and oxygen atoms in total. The second-order valence-corrected chi connectivity index (χ2v) is 5.63. The lowest BCUT2D eigenvalue weighted by Crippen LogP contribution is -2.03. The van der Waals surface area contributed by atoms with Gasteiger partial charge in [0.05, 0.1) is 34.1 Å². The van der Waals surface area contributed by atoms with E-state index < -0.39 is 10.9 Å². The van der Waals surface area contributed by atoms with Gasteiger partial charge in [-0.25, -0.2) is 9.78 Å². The van der Waals surface area contributed by atoms with Gasteiger partial charge in [-0.15, -0.1) is 0 Å². The van der Waals surface area contributed by atoms with Gasteiger partial charge in [0.2, 0.25) is 0 Å². The number of nitrogens with zero attached hydrogens (tertiary/aromatic N) is 3. The zero-order valence-electron chi connectivity index (χ0n) is 13.6. The van der Waals surface area contributed by atoms with Gasteiger partial charge < -0.3 is 9.72 Å². The largest absolute Gasteiger partial charge is 0.465 e. The number of H-pyrrole nitrogens is 1. The van der Waals surface area contributed by atoms with Crippen molar-refractivity contribution < 1.29 is 14.5 Å². The van der Waals surface area contributed by atoms with Gasteiger partial charge in [-0.05, 0) is 24.3 Å². The summed E-state index contributed by atoms with van der Waals surface area (Å²) < 4.78 is 4.85. The summed E-state index contributed by atoms with van der Waals surface area (Å²) in [5.74, 6) is -0.00120. The first-order chi connectivity index (χ1) is 12.6. The molecule has 2 aromatic carbocycles. The van der Waals surface area contributed by atoms with Gasteiger partial charge in [0.1, 0.15) is 5.82 Å². The number of methoxy groups -OCH3 is 1. The number of rotatable bonds is 3. The number of fused-ring (bicyclic) bond motifs is 2. The van der Waals surface area contributed by atoms with E-state index in [0.29, 0.717) is 33.5 Å². The molecule has 128 valence electrons. The van der Waals surface area contributed by atoms with E-state index >= 15 is 0 Å². The molecule has 0 aliphatic rings. The van der Waals surface area contributed by atoms with Gasteiger partial charge in [-0.3, -0.25) is 15.1 Å². The summed E-state index contributed by atoms with van der Waals surface area (Å²) in [6, 6.07) is 11.5. The fourth-order valence-corrected chi connectivity index (χ4v) is 2.84. The molecule has 26 heavy (non-hydrogen) atoms. The lowest BCUT2D eigenvalue weighted by atomic mass is 10.0. The number of hydrogen-bond donors (Lipinski definition) is 1. The molecule has 8 heteroatoms. The van der Waals surface area contributed by atoms with E-state index in [-0.39, 0.29) is 5.69 Å². The van der Waals surface area contributed by atoms with Crippen molar-refractivity contribution in [2.24, 2.45) is 0 Å². The number of ether oxygens (including phenoxy) is 1. The average Bonchev–Trinajstić information content (AvgIpc) is 3.09. The van der Waals surface area contributed by atoms with Crippen LogP contribution in [0.4, 0.5) is 5.69 Å². The summed E-state index contributed by atoms with van der Waals surface area (Å²) in [4.78, 5) is 34.4. The van der Waals surface area contributed by atoms with Gasteiger partial charge in [-0.1, -0.05) is 6.07 Å². The third-order valence-corrected chi connectivity index (χ3v) is 4.06. The Kier molecular flexibility index (Phi) is 3.58. The van der Waals surface area contributed by atoms with Crippen LogP contribution in [-0.4, -0.2) is 33.0 Å². The van der Waals surface area contributed by atoms with Crippen LogP contribution in [0.15, 0.2) is 48.7 Å². The van der Waals surface area contributed by atoms with E-state index in [1.54, 1.807) is 24.4 Å². The first-order valence-electron chi connectivity index (χ1n) is 7.68. The summed E-state index contributed by atoms with van der Waals surface area (Å²) in [7, 11) is 1.31. The molecule has 0 aliphatic carbocycles. The van der Waals surface area contributed by atoms with Crippen molar-refractivity contribution in [1.29, 1.82) is 0 Å². The van der Waals surface area contributed by atoms with Crippen LogP contribution in [0.2, 0.25) is 0 Å². The Morgan fingerprint density at radius 1 is 1.23 bits per heavy atom. The lowest BCUT2D eigenvalue weighted by molar-refractivity contribution is -0.384. The van der Waals surface area contributed by atoms with E-state index in [2.05, 4.69) is 15.0 Å². The van der Waals surface area contributed by atoms with Crippen LogP contribution in [-0.2, 0) is 4.74 Å². The highest BCUT2D eigenvalue weighted by atomic mass is 16.6. The standard InChI is InChI=1S/C18H12N4O4/c1-26-18(23)13-8-11(7-10-3-2-6-19-16(10)13)17-20-14-5-4-12(22(24)25)9-15(14)21-17/h2-9H,1H3,(H,20,21). The maximum Gasteiger partial charge on any atom is 0.340 e. The number of nitro groups is 1. The Labute approximate surface area is 146 Å². The first kappa shape index (κ1) is 15.7. The Bertz CT molecular complexity index is 1180. The maximum absolute atomic E-state index is 12.1. The Hall–Kier alpha value is -3.81. The van der Waals surface area contributed by atoms with Gasteiger partial charge in [0, 0.05) is 29.3 Å². The quantitative estimate of drug-likeness (QED) is 0.345. The first-order valence-corrected chi connectivity index (χ1v) is 7.68. The maximum atomic E-state index is 12.1. The Morgan fingerprint density at radius 3 is 2.85 bits per heavy atom. The smallest absolute Gasteiger partial charge is 0.340 e. The molecule has 4 rings (SSSR count). The predicted octanol–water partition coefficient (Wildman–Crippen LogP) is 3.47. The van der Waals surface area contributed by atoms with Gasteiger partial charge >= 0.3 is 5.97 Å². The number of aromatic amines is 1. The number of nitrogens with one attached hydrogen (secondary N) is 1. The molecule has 0 radical (unpaired) electrons. The molecule has 1 N–H and O–H groups in total. The lowest BCUT2D eigenvalue weighted by Gasteiger charge is -2.06. The van der Waals surface area contributed by atoms with Crippen molar-refractivity contribution in [1.82, 2.24) is 15.0 Å². The van der Waals surface area contributed by atoms with E-state index in [1.165, 1.54) is 19.2 Å². The van der Waals surface area contributed by atoms with Crippen molar-refractivity contribution in [3.8, 4) is 11.4 Å². The highest BCUT2D eigenvalue weighted by molar-refractivity contribution is 6.04. The minimum Gasteiger partial charge on any atom is -0.465 e. The van der Waals surface area contributed by atoms with Crippen LogP contribution in [0.25, 0.3) is 33.3 Å². The molecule has 0 bridgehead atoms. The molecule has 0 saturated heterocycles. The number of hydrogen-bond acceptors (Lipinski definition) is 6. The van der Waals surface area contributed by atoms with E-state index in [9.17, 15) is 14.9 Å². The van der Waals surface area contributed by atoms with Crippen LogP contribution < -0.4 is 0 Å². The monoisotopic (exact) mass is 348 g/mol. The molecule has 0 aliphatic heterocycles. The minimum atomic E-state index is -0.498. The molecule has 4 aromatic rings. The number of non-ortho nitro benzene ring substituents is 1. The topological polar surface area (TPSA) is 111 Å². The fourth-order valence-electron chi connectivity index (χ4n) is 2.84. The summed E-state index contributed by atoms with van der Waals surface area (Å²) >= 11 is 0. The number of carbonyl (C=O) groups is 1. The highest BCUT2D eigenvalue weighted by Gasteiger charge is 2.16. The van der Waals surface area contributed by atoms with Gasteiger partial charge in [-0.2, -0.15) is 0 Å². The Morgan fingerprint density at radius 2 is 2.08 bits per heavy atom. The molecule has 0 fully saturated rings. The van der Waals surface area contributed by atoms with Crippen molar-refractivity contribution in [3.05, 3.63) is 64.3 Å². The SMILES string of the molecule is COC(=O)c1cc(-c2nc3ccc([N+](=O)[O-])cc3[nH]2)cc2cccnc12. The summed E-state index contributed by atoms with van der Waals surface area (Å²) in [6.07, 6.45) is 1.61. The van der Waals surface area contributed by atoms with Crippen LogP contribution in [0.1, 0.15) is 10.4 Å². The van der Waals surface area contributed by atoms with Crippen molar-refractivity contribution in [2.75, 3.05) is 7.11 Å². The second-order valence-electron chi connectivity index (χ2n) is 5.63. The zero-order chi connectivity index (χ0) is 18.3. The predicted molar refractivity (Wildman–Crippen MR) is 94.8 cm³/mol. The third-order valence-electron chi connectivity index (χ3n) is 4.06. The number of imidazole rings is 1. The molecule has 0 unspecified atom stereocenters. The van der Waals surface area contributed by atoms with Crippen molar-refractivity contribution >= 4 is 33.6 Å². The zero-order valence-corrected chi connectivity index (χ0v) is 13.6. The number of nitro benzene ring substituents is 1.